The highest BCUT2D eigenvalue weighted by molar-refractivity contribution is 14.0. The van der Waals surface area contributed by atoms with Gasteiger partial charge in [0, 0.05) is 31.6 Å². The third kappa shape index (κ3) is 6.61. The van der Waals surface area contributed by atoms with E-state index in [4.69, 9.17) is 4.74 Å². The molecule has 0 radical (unpaired) electrons. The summed E-state index contributed by atoms with van der Waals surface area (Å²) >= 11 is 1.24. The van der Waals surface area contributed by atoms with Gasteiger partial charge in [-0.25, -0.2) is 12.8 Å². The number of thiophene rings is 1. The van der Waals surface area contributed by atoms with Gasteiger partial charge in [-0.15, -0.1) is 35.3 Å². The summed E-state index contributed by atoms with van der Waals surface area (Å²) in [6, 6.07) is 10.1. The topological polar surface area (TPSA) is 83.0 Å². The summed E-state index contributed by atoms with van der Waals surface area (Å²) < 4.78 is 46.1. The van der Waals surface area contributed by atoms with Gasteiger partial charge in [0.15, 0.2) is 5.96 Å². The maximum Gasteiger partial charge on any atom is 0.252 e. The number of aliphatic imine (C=N–C) groups is 1. The molecule has 0 spiro atoms. The molecule has 2 heterocycles. The molecule has 1 saturated heterocycles. The van der Waals surface area contributed by atoms with Crippen molar-refractivity contribution in [2.24, 2.45) is 4.99 Å². The second kappa shape index (κ2) is 11.9. The highest BCUT2D eigenvalue weighted by Gasteiger charge is 2.27. The molecule has 0 saturated carbocycles. The molecule has 11 heteroatoms. The molecule has 1 aliphatic heterocycles. The van der Waals surface area contributed by atoms with Crippen molar-refractivity contribution in [3.63, 3.8) is 0 Å². The summed E-state index contributed by atoms with van der Waals surface area (Å²) in [5, 5.41) is 6.30. The summed E-state index contributed by atoms with van der Waals surface area (Å²) in [5.74, 6) is 0.358. The Kier molecular flexibility index (Phi) is 9.94. The van der Waals surface area contributed by atoms with Crippen molar-refractivity contribution in [3.05, 3.63) is 52.7 Å². The molecular weight excluding hydrogens is 542 g/mol. The van der Waals surface area contributed by atoms with Crippen LogP contribution in [0.25, 0.3) is 0 Å². The average molecular weight is 568 g/mol. The zero-order valence-electron chi connectivity index (χ0n) is 16.6. The molecule has 1 aromatic heterocycles. The molecule has 0 bridgehead atoms. The second-order valence-corrected chi connectivity index (χ2v) is 9.76. The molecule has 166 valence electrons. The van der Waals surface area contributed by atoms with Gasteiger partial charge in [0.1, 0.15) is 10.0 Å². The fourth-order valence-corrected chi connectivity index (χ4v) is 5.77. The maximum absolute atomic E-state index is 13.7. The van der Waals surface area contributed by atoms with E-state index < -0.39 is 10.0 Å². The average Bonchev–Trinajstić information content (AvgIpc) is 3.22. The number of nitrogens with one attached hydrogen (secondary N) is 2. The molecule has 1 aliphatic rings. The Labute approximate surface area is 197 Å². The van der Waals surface area contributed by atoms with Crippen LogP contribution in [-0.4, -0.2) is 58.6 Å². The first-order chi connectivity index (χ1) is 14.0. The SMILES string of the molecule is CN=C(NCCc1ccccc1F)NCc1ccc(S(=O)(=O)N2CCOCC2)s1.I. The van der Waals surface area contributed by atoms with E-state index in [1.54, 1.807) is 31.3 Å². The number of benzene rings is 1. The standard InChI is InChI=1S/C19H25FN4O3S2.HI/c1-21-19(22-9-8-15-4-2-3-5-17(15)20)23-14-16-6-7-18(28-16)29(25,26)24-10-12-27-13-11-24;/h2-7H,8-14H2,1H3,(H2,21,22,23);1H. The Morgan fingerprint density at radius 3 is 2.63 bits per heavy atom. The summed E-state index contributed by atoms with van der Waals surface area (Å²) in [4.78, 5) is 5.03. The van der Waals surface area contributed by atoms with Gasteiger partial charge >= 0.3 is 0 Å². The van der Waals surface area contributed by atoms with E-state index in [2.05, 4.69) is 15.6 Å². The third-order valence-corrected chi connectivity index (χ3v) is 7.95. The lowest BCUT2D eigenvalue weighted by molar-refractivity contribution is 0.0731. The summed E-state index contributed by atoms with van der Waals surface area (Å²) in [6.07, 6.45) is 0.536. The molecule has 0 amide bonds. The van der Waals surface area contributed by atoms with E-state index in [1.165, 1.54) is 21.7 Å². The lowest BCUT2D eigenvalue weighted by atomic mass is 10.1. The van der Waals surface area contributed by atoms with Crippen LogP contribution in [0.5, 0.6) is 0 Å². The van der Waals surface area contributed by atoms with E-state index in [-0.39, 0.29) is 29.8 Å². The van der Waals surface area contributed by atoms with Crippen LogP contribution >= 0.6 is 35.3 Å². The van der Waals surface area contributed by atoms with Gasteiger partial charge in [0.25, 0.3) is 10.0 Å². The Hall–Kier alpha value is -1.28. The number of ether oxygens (including phenoxy) is 1. The van der Waals surface area contributed by atoms with Gasteiger partial charge in [-0.05, 0) is 30.2 Å². The molecule has 0 atom stereocenters. The number of hydrogen-bond donors (Lipinski definition) is 2. The van der Waals surface area contributed by atoms with E-state index in [9.17, 15) is 12.8 Å². The van der Waals surface area contributed by atoms with Crippen LogP contribution in [0.4, 0.5) is 4.39 Å². The van der Waals surface area contributed by atoms with Gasteiger partial charge in [-0.1, -0.05) is 18.2 Å². The maximum atomic E-state index is 13.7. The van der Waals surface area contributed by atoms with Crippen LogP contribution < -0.4 is 10.6 Å². The van der Waals surface area contributed by atoms with Crippen molar-refractivity contribution >= 4 is 51.3 Å². The van der Waals surface area contributed by atoms with Crippen molar-refractivity contribution in [2.45, 2.75) is 17.2 Å². The Morgan fingerprint density at radius 1 is 1.20 bits per heavy atom. The number of rotatable bonds is 7. The largest absolute Gasteiger partial charge is 0.379 e. The Morgan fingerprint density at radius 2 is 1.93 bits per heavy atom. The summed E-state index contributed by atoms with van der Waals surface area (Å²) in [6.45, 7) is 2.59. The first-order valence-electron chi connectivity index (χ1n) is 9.35. The smallest absolute Gasteiger partial charge is 0.252 e. The summed E-state index contributed by atoms with van der Waals surface area (Å²) in [5.41, 5.74) is 0.645. The molecule has 1 fully saturated rings. The first-order valence-corrected chi connectivity index (χ1v) is 11.6. The van der Waals surface area contributed by atoms with Crippen LogP contribution in [0.3, 0.4) is 0 Å². The molecule has 1 aromatic carbocycles. The van der Waals surface area contributed by atoms with Gasteiger partial charge in [0.2, 0.25) is 0 Å². The van der Waals surface area contributed by atoms with Crippen molar-refractivity contribution in [1.82, 2.24) is 14.9 Å². The first kappa shape index (κ1) is 25.0. The zero-order chi connectivity index (χ0) is 20.7. The van der Waals surface area contributed by atoms with Crippen molar-refractivity contribution < 1.29 is 17.5 Å². The van der Waals surface area contributed by atoms with Gasteiger partial charge in [0.05, 0.1) is 19.8 Å². The minimum absolute atomic E-state index is 0. The van der Waals surface area contributed by atoms with Crippen LogP contribution in [0, 0.1) is 5.82 Å². The van der Waals surface area contributed by atoms with Gasteiger partial charge < -0.3 is 15.4 Å². The molecule has 7 nitrogen and oxygen atoms in total. The van der Waals surface area contributed by atoms with Crippen LogP contribution in [-0.2, 0) is 27.7 Å². The monoisotopic (exact) mass is 568 g/mol. The van der Waals surface area contributed by atoms with Crippen LogP contribution in [0.2, 0.25) is 0 Å². The lowest BCUT2D eigenvalue weighted by Gasteiger charge is -2.25. The van der Waals surface area contributed by atoms with E-state index in [1.807, 2.05) is 6.07 Å². The fourth-order valence-electron chi connectivity index (χ4n) is 2.91. The Balaban J connectivity index is 0.00000320. The van der Waals surface area contributed by atoms with Crippen molar-refractivity contribution in [3.8, 4) is 0 Å². The van der Waals surface area contributed by atoms with Crippen molar-refractivity contribution in [2.75, 3.05) is 39.9 Å². The molecule has 30 heavy (non-hydrogen) atoms. The molecule has 0 aliphatic carbocycles. The zero-order valence-corrected chi connectivity index (χ0v) is 20.6. The molecular formula is C19H26FIN4O3S2. The lowest BCUT2D eigenvalue weighted by Crippen LogP contribution is -2.40. The number of sulfonamides is 1. The fraction of sp³-hybridized carbons (Fsp3) is 0.421. The Bertz CT molecular complexity index is 947. The molecule has 3 rings (SSSR count). The van der Waals surface area contributed by atoms with E-state index in [0.29, 0.717) is 61.5 Å². The minimum atomic E-state index is -3.47. The number of halogens is 2. The number of guanidine groups is 1. The van der Waals surface area contributed by atoms with Gasteiger partial charge in [-0.2, -0.15) is 4.31 Å². The highest BCUT2D eigenvalue weighted by Crippen LogP contribution is 2.25. The predicted octanol–water partition coefficient (Wildman–Crippen LogP) is 2.43. The highest BCUT2D eigenvalue weighted by atomic mass is 127. The third-order valence-electron chi connectivity index (χ3n) is 4.50. The quantitative estimate of drug-likeness (QED) is 0.305. The van der Waals surface area contributed by atoms with Gasteiger partial charge in [-0.3, -0.25) is 4.99 Å². The summed E-state index contributed by atoms with van der Waals surface area (Å²) in [7, 11) is -1.82. The number of hydrogen-bond acceptors (Lipinski definition) is 5. The molecule has 2 N–H and O–H groups in total. The van der Waals surface area contributed by atoms with Crippen LogP contribution in [0.15, 0.2) is 45.6 Å². The van der Waals surface area contributed by atoms with Crippen molar-refractivity contribution in [1.29, 1.82) is 0 Å². The molecule has 0 unspecified atom stereocenters. The van der Waals surface area contributed by atoms with Crippen LogP contribution in [0.1, 0.15) is 10.4 Å². The number of nitrogens with zero attached hydrogens (tertiary/aromatic N) is 2. The normalized spacial score (nSPS) is 15.5. The molecule has 2 aromatic rings. The predicted molar refractivity (Wildman–Crippen MR) is 128 cm³/mol. The van der Waals surface area contributed by atoms with E-state index in [0.717, 1.165) is 4.88 Å². The number of morpholine rings is 1. The minimum Gasteiger partial charge on any atom is -0.379 e. The van der Waals surface area contributed by atoms with E-state index >= 15 is 0 Å². The second-order valence-electron chi connectivity index (χ2n) is 6.43.